The molecule has 0 radical (unpaired) electrons. The monoisotopic (exact) mass is 393 g/mol. The zero-order chi connectivity index (χ0) is 8.06. The first-order valence-corrected chi connectivity index (χ1v) is 4.39. The van der Waals surface area contributed by atoms with Crippen LogP contribution in [0.15, 0.2) is 0 Å². The number of fused-ring (bicyclic) bond motifs is 2. The molecule has 3 heteroatoms. The van der Waals surface area contributed by atoms with E-state index >= 15 is 0 Å². The summed E-state index contributed by atoms with van der Waals surface area (Å²) in [7, 11) is 0. The second-order valence-corrected chi connectivity index (χ2v) is 3.88. The van der Waals surface area contributed by atoms with Gasteiger partial charge in [0.1, 0.15) is 0 Å². The Morgan fingerprint density at radius 1 is 1.67 bits per heavy atom. The van der Waals surface area contributed by atoms with E-state index in [2.05, 4.69) is 13.8 Å². The van der Waals surface area contributed by atoms with E-state index in [0.29, 0.717) is 5.92 Å². The molecule has 2 aliphatic rings. The minimum Gasteiger partial charge on any atom is -0.545 e. The number of hydrogen-bond acceptors (Lipinski definition) is 2. The summed E-state index contributed by atoms with van der Waals surface area (Å²) in [5.74, 6) is 0.883. The third-order valence-electron chi connectivity index (χ3n) is 3.29. The summed E-state index contributed by atoms with van der Waals surface area (Å²) in [5.41, 5.74) is -0.218. The van der Waals surface area contributed by atoms with Crippen LogP contribution in [0.2, 0.25) is 0 Å². The van der Waals surface area contributed by atoms with Gasteiger partial charge in [-0.05, 0) is 12.8 Å². The van der Waals surface area contributed by atoms with Gasteiger partial charge in [0.25, 0.3) is 0 Å². The first-order valence-electron chi connectivity index (χ1n) is 4.39. The average molecular weight is 393 g/mol. The van der Waals surface area contributed by atoms with Gasteiger partial charge >= 0.3 is 0 Å². The Balaban J connectivity index is 0.000000720. The second kappa shape index (κ2) is 3.61. The van der Waals surface area contributed by atoms with Crippen molar-refractivity contribution in [3.63, 3.8) is 0 Å². The van der Waals surface area contributed by atoms with E-state index in [9.17, 15) is 5.11 Å². The van der Waals surface area contributed by atoms with E-state index in [1.165, 1.54) is 0 Å². The van der Waals surface area contributed by atoms with Crippen molar-refractivity contribution in [2.45, 2.75) is 38.4 Å². The summed E-state index contributed by atoms with van der Waals surface area (Å²) in [4.78, 5) is 0. The van der Waals surface area contributed by atoms with Gasteiger partial charge in [-0.15, -0.1) is 5.92 Å². The van der Waals surface area contributed by atoms with Crippen molar-refractivity contribution in [1.29, 1.82) is 0 Å². The molecule has 1 N–H and O–H groups in total. The van der Waals surface area contributed by atoms with Crippen LogP contribution >= 0.6 is 0 Å². The van der Waals surface area contributed by atoms with E-state index < -0.39 is 0 Å². The van der Waals surface area contributed by atoms with Gasteiger partial charge in [-0.2, -0.15) is 0 Å². The van der Waals surface area contributed by atoms with E-state index in [-0.39, 0.29) is 48.7 Å². The summed E-state index contributed by atoms with van der Waals surface area (Å²) in [6.07, 6.45) is 1.69. The summed E-state index contributed by atoms with van der Waals surface area (Å²) < 4.78 is 5.50. The Morgan fingerprint density at radius 2 is 2.33 bits per heavy atom. The molecule has 1 aliphatic carbocycles. The molecule has 2 nitrogen and oxygen atoms in total. The van der Waals surface area contributed by atoms with Gasteiger partial charge in [-0.1, -0.05) is 19.8 Å². The topological polar surface area (TPSA) is 29.5 Å². The van der Waals surface area contributed by atoms with E-state index in [4.69, 9.17) is 4.74 Å². The van der Waals surface area contributed by atoms with Gasteiger partial charge in [0.05, 0.1) is 11.7 Å². The molecule has 0 amide bonds. The third kappa shape index (κ3) is 1.30. The SMILES string of the molecule is CC[C@@]12C[C@@H](C)[C@H]([CH-]O1)[C@@H]2O.[U]. The van der Waals surface area contributed by atoms with Crippen LogP contribution in [-0.2, 0) is 4.74 Å². The number of hydrogen-bond donors (Lipinski definition) is 1. The van der Waals surface area contributed by atoms with Gasteiger partial charge in [0, 0.05) is 31.1 Å². The normalized spacial score (nSPS) is 50.8. The predicted octanol–water partition coefficient (Wildman–Crippen LogP) is 1.34. The van der Waals surface area contributed by atoms with Crippen molar-refractivity contribution in [3.05, 3.63) is 6.61 Å². The molecule has 12 heavy (non-hydrogen) atoms. The van der Waals surface area contributed by atoms with Gasteiger partial charge in [0.15, 0.2) is 0 Å². The Bertz CT molecular complexity index is 174. The fourth-order valence-electron chi connectivity index (χ4n) is 2.44. The molecule has 2 bridgehead atoms. The molecule has 0 unspecified atom stereocenters. The summed E-state index contributed by atoms with van der Waals surface area (Å²) in [6, 6.07) is 0. The van der Waals surface area contributed by atoms with Gasteiger partial charge in [-0.25, -0.2) is 6.61 Å². The van der Waals surface area contributed by atoms with Crippen LogP contribution in [0.25, 0.3) is 0 Å². The molecule has 0 aromatic heterocycles. The maximum absolute atomic E-state index is 9.79. The molecule has 0 spiro atoms. The van der Waals surface area contributed by atoms with E-state index in [0.717, 1.165) is 12.8 Å². The number of aliphatic hydroxyl groups excluding tert-OH is 1. The number of ether oxygens (including phenoxy) is 1. The van der Waals surface area contributed by atoms with Crippen molar-refractivity contribution in [3.8, 4) is 0 Å². The molecule has 4 atom stereocenters. The maximum Gasteiger partial charge on any atom is 0.0590 e. The Labute approximate surface area is 97.4 Å². The average Bonchev–Trinajstić information content (AvgIpc) is 2.42. The van der Waals surface area contributed by atoms with Crippen LogP contribution in [0.3, 0.4) is 0 Å². The van der Waals surface area contributed by atoms with Crippen LogP contribution in [0.1, 0.15) is 26.7 Å². The smallest absolute Gasteiger partial charge is 0.0590 e. The van der Waals surface area contributed by atoms with Crippen LogP contribution in [0.5, 0.6) is 0 Å². The summed E-state index contributed by atoms with van der Waals surface area (Å²) >= 11 is 0. The molecular weight excluding hydrogens is 378 g/mol. The number of aliphatic hydroxyl groups is 1. The van der Waals surface area contributed by atoms with Crippen molar-refractivity contribution in [2.24, 2.45) is 11.8 Å². The zero-order valence-electron chi connectivity index (χ0n) is 7.58. The fourth-order valence-corrected chi connectivity index (χ4v) is 2.44. The molecular formula is C9H15O2U-. The summed E-state index contributed by atoms with van der Waals surface area (Å²) in [6.45, 7) is 6.10. The van der Waals surface area contributed by atoms with Crippen LogP contribution in [-0.4, -0.2) is 16.8 Å². The Morgan fingerprint density at radius 3 is 2.58 bits per heavy atom. The largest absolute Gasteiger partial charge is 0.545 e. The molecule has 1 heterocycles. The van der Waals surface area contributed by atoms with Crippen molar-refractivity contribution >= 4 is 0 Å². The van der Waals surface area contributed by atoms with Crippen LogP contribution in [0, 0.1) is 49.6 Å². The standard InChI is InChI=1S/C9H15O2.U/c1-3-9-4-6(2)7(5-11-9)8(9)10;/h5-8,10H,3-4H2,1-2H3;/q-1;/t6-,7+,8+,9+;/m1./s1. The minimum atomic E-state index is -0.248. The van der Waals surface area contributed by atoms with Crippen LogP contribution in [0.4, 0.5) is 0 Å². The first-order chi connectivity index (χ1) is 5.19. The molecule has 1 aliphatic heterocycles. The Hall–Kier alpha value is 0.972. The molecule has 2 fully saturated rings. The molecule has 1 saturated carbocycles. The van der Waals surface area contributed by atoms with Crippen molar-refractivity contribution in [2.75, 3.05) is 0 Å². The predicted molar refractivity (Wildman–Crippen MR) is 41.7 cm³/mol. The third-order valence-corrected chi connectivity index (χ3v) is 3.29. The zero-order valence-corrected chi connectivity index (χ0v) is 11.7. The van der Waals surface area contributed by atoms with E-state index in [1.54, 1.807) is 0 Å². The maximum atomic E-state index is 9.79. The fraction of sp³-hybridized carbons (Fsp3) is 0.889. The quantitative estimate of drug-likeness (QED) is 0.682. The first kappa shape index (κ1) is 11.0. The second-order valence-electron chi connectivity index (χ2n) is 3.88. The molecule has 0 aromatic carbocycles. The van der Waals surface area contributed by atoms with Crippen LogP contribution < -0.4 is 0 Å². The summed E-state index contributed by atoms with van der Waals surface area (Å²) in [5, 5.41) is 9.79. The van der Waals surface area contributed by atoms with Gasteiger partial charge < -0.3 is 9.84 Å². The molecule has 68 valence electrons. The van der Waals surface area contributed by atoms with Crippen molar-refractivity contribution < 1.29 is 41.0 Å². The van der Waals surface area contributed by atoms with Gasteiger partial charge in [0.2, 0.25) is 0 Å². The minimum absolute atomic E-state index is 0. The Kier molecular flexibility index (Phi) is 3.33. The van der Waals surface area contributed by atoms with E-state index in [1.807, 2.05) is 6.61 Å². The number of rotatable bonds is 1. The molecule has 2 rings (SSSR count). The molecule has 1 saturated heterocycles. The molecule has 0 aromatic rings. The van der Waals surface area contributed by atoms with Gasteiger partial charge in [-0.3, -0.25) is 0 Å². The van der Waals surface area contributed by atoms with Crippen molar-refractivity contribution in [1.82, 2.24) is 0 Å².